The molecule has 2 heterocycles. The first-order chi connectivity index (χ1) is 13.4. The van der Waals surface area contributed by atoms with Crippen molar-refractivity contribution in [3.8, 4) is 5.88 Å². The molecular weight excluding hydrogens is 422 g/mol. The molecule has 3 rings (SSSR count). The lowest BCUT2D eigenvalue weighted by Crippen LogP contribution is -2.47. The number of aromatic nitrogens is 1. The van der Waals surface area contributed by atoms with Crippen LogP contribution < -0.4 is 11.1 Å². The van der Waals surface area contributed by atoms with Gasteiger partial charge in [0.1, 0.15) is 12.5 Å². The number of nitrogens with zero attached hydrogens (tertiary/aromatic N) is 1. The Labute approximate surface area is 174 Å². The fraction of sp³-hybridized carbons (Fsp3) is 0.619. The van der Waals surface area contributed by atoms with Gasteiger partial charge in [0.15, 0.2) is 5.88 Å². The summed E-state index contributed by atoms with van der Waals surface area (Å²) in [6.45, 7) is 2.20. The molecule has 28 heavy (non-hydrogen) atoms. The van der Waals surface area contributed by atoms with E-state index in [9.17, 15) is 15.3 Å². The fourth-order valence-electron chi connectivity index (χ4n) is 4.09. The fourth-order valence-corrected chi connectivity index (χ4v) is 4.68. The van der Waals surface area contributed by atoms with Crippen LogP contribution in [0.25, 0.3) is 10.8 Å². The maximum atomic E-state index is 10.8. The predicted molar refractivity (Wildman–Crippen MR) is 115 cm³/mol. The maximum Gasteiger partial charge on any atom is 0.199 e. The molecule has 0 amide bonds. The van der Waals surface area contributed by atoms with Gasteiger partial charge in [0.05, 0.1) is 6.04 Å². The van der Waals surface area contributed by atoms with Crippen LogP contribution in [0.2, 0.25) is 0 Å². The van der Waals surface area contributed by atoms with Crippen molar-refractivity contribution in [1.82, 2.24) is 9.88 Å². The number of unbranched alkanes of at least 4 members (excludes halogenated alkanes) is 1. The molecule has 0 spiro atoms. The molecule has 1 aliphatic rings. The third kappa shape index (κ3) is 4.71. The van der Waals surface area contributed by atoms with Crippen LogP contribution in [0.3, 0.4) is 0 Å². The summed E-state index contributed by atoms with van der Waals surface area (Å²) in [5, 5.41) is 35.1. The number of aromatic hydroxyl groups is 1. The van der Waals surface area contributed by atoms with E-state index in [2.05, 4.69) is 28.2 Å². The normalized spacial score (nSPS) is 25.1. The molecule has 1 aliphatic heterocycles. The van der Waals surface area contributed by atoms with Crippen LogP contribution in [0.4, 0.5) is 0 Å². The van der Waals surface area contributed by atoms with Crippen molar-refractivity contribution in [2.45, 2.75) is 81.2 Å². The van der Waals surface area contributed by atoms with Gasteiger partial charge in [-0.25, -0.2) is 0 Å². The third-order valence-corrected chi connectivity index (χ3v) is 6.69. The topological polar surface area (TPSA) is 104 Å². The van der Waals surface area contributed by atoms with Crippen LogP contribution in [0, 0.1) is 0 Å². The Morgan fingerprint density at radius 3 is 2.71 bits per heavy atom. The summed E-state index contributed by atoms with van der Waals surface area (Å²) in [5.41, 5.74) is 7.53. The number of piperidine rings is 1. The lowest BCUT2D eigenvalue weighted by atomic mass is 9.97. The molecule has 0 aliphatic carbocycles. The Morgan fingerprint density at radius 1 is 1.21 bits per heavy atom. The van der Waals surface area contributed by atoms with Gasteiger partial charge in [0.25, 0.3) is 0 Å². The highest BCUT2D eigenvalue weighted by Crippen LogP contribution is 2.37. The van der Waals surface area contributed by atoms with Gasteiger partial charge in [0.2, 0.25) is 0 Å². The number of hydrogen-bond donors (Lipinski definition) is 5. The molecule has 1 aromatic heterocycles. The van der Waals surface area contributed by atoms with Crippen LogP contribution >= 0.6 is 15.9 Å². The van der Waals surface area contributed by atoms with Gasteiger partial charge < -0.3 is 25.6 Å². The zero-order valence-electron chi connectivity index (χ0n) is 16.4. The number of rotatable bonds is 8. The molecule has 156 valence electrons. The zero-order valence-corrected chi connectivity index (χ0v) is 18.0. The number of halogens is 1. The molecule has 7 heteroatoms. The van der Waals surface area contributed by atoms with Crippen LogP contribution in [0.15, 0.2) is 24.4 Å². The molecule has 1 fully saturated rings. The van der Waals surface area contributed by atoms with Gasteiger partial charge in [0, 0.05) is 27.8 Å². The van der Waals surface area contributed by atoms with E-state index < -0.39 is 12.5 Å². The first kappa shape index (κ1) is 21.6. The molecular formula is C21H32BrN3O3. The van der Waals surface area contributed by atoms with E-state index in [4.69, 9.17) is 5.73 Å². The SMILES string of the molecule is CCCCC(Br)CCC(N)c1cccc2c(O)n(C3CCC(O)NC3O)cc12. The average Bonchev–Trinajstić information content (AvgIpc) is 3.01. The summed E-state index contributed by atoms with van der Waals surface area (Å²) in [4.78, 5) is 0.477. The van der Waals surface area contributed by atoms with Crippen LogP contribution in [0.1, 0.15) is 69.5 Å². The first-order valence-electron chi connectivity index (χ1n) is 10.3. The van der Waals surface area contributed by atoms with E-state index in [0.717, 1.165) is 35.6 Å². The number of benzene rings is 1. The van der Waals surface area contributed by atoms with Crippen molar-refractivity contribution in [2.24, 2.45) is 5.73 Å². The monoisotopic (exact) mass is 453 g/mol. The van der Waals surface area contributed by atoms with Crippen LogP contribution in [-0.2, 0) is 0 Å². The number of nitrogens with one attached hydrogen (secondary N) is 1. The lowest BCUT2D eigenvalue weighted by molar-refractivity contribution is -0.0290. The molecule has 0 bridgehead atoms. The summed E-state index contributed by atoms with van der Waals surface area (Å²) < 4.78 is 1.71. The van der Waals surface area contributed by atoms with E-state index in [1.807, 2.05) is 24.4 Å². The van der Waals surface area contributed by atoms with Gasteiger partial charge in [-0.1, -0.05) is 47.8 Å². The summed E-state index contributed by atoms with van der Waals surface area (Å²) in [6.07, 6.45) is 6.79. The minimum absolute atomic E-state index is 0.114. The molecule has 5 unspecified atom stereocenters. The standard InChI is InChI=1S/C21H32BrN3O3/c1-2-3-5-13(22)8-9-17(23)14-6-4-7-15-16(14)12-25(21(15)28)18-10-11-19(26)24-20(18)27/h4,6-7,12-13,17-20,24,26-28H,2-3,5,8-11,23H2,1H3. The smallest absolute Gasteiger partial charge is 0.199 e. The number of aliphatic hydroxyl groups excluding tert-OH is 2. The number of aliphatic hydroxyl groups is 2. The highest BCUT2D eigenvalue weighted by Gasteiger charge is 2.31. The number of fused-ring (bicyclic) bond motifs is 1. The van der Waals surface area contributed by atoms with E-state index in [-0.39, 0.29) is 18.0 Å². The number of alkyl halides is 1. The largest absolute Gasteiger partial charge is 0.494 e. The molecule has 1 aromatic carbocycles. The summed E-state index contributed by atoms with van der Waals surface area (Å²) in [5.74, 6) is 0.132. The van der Waals surface area contributed by atoms with Gasteiger partial charge >= 0.3 is 0 Å². The quantitative estimate of drug-likeness (QED) is 0.392. The summed E-state index contributed by atoms with van der Waals surface area (Å²) >= 11 is 3.75. The summed E-state index contributed by atoms with van der Waals surface area (Å²) in [7, 11) is 0. The molecule has 0 saturated carbocycles. The van der Waals surface area contributed by atoms with E-state index >= 15 is 0 Å². The second-order valence-corrected chi connectivity index (χ2v) is 9.16. The molecule has 5 atom stereocenters. The number of hydrogen-bond acceptors (Lipinski definition) is 5. The molecule has 2 aromatic rings. The highest BCUT2D eigenvalue weighted by molar-refractivity contribution is 9.09. The Bertz CT molecular complexity index is 782. The van der Waals surface area contributed by atoms with Crippen molar-refractivity contribution in [3.63, 3.8) is 0 Å². The Hall–Kier alpha value is -1.12. The Balaban J connectivity index is 1.81. The highest BCUT2D eigenvalue weighted by atomic mass is 79.9. The van der Waals surface area contributed by atoms with Crippen LogP contribution in [-0.4, -0.2) is 37.2 Å². The van der Waals surface area contributed by atoms with Gasteiger partial charge in [-0.05, 0) is 43.7 Å². The Morgan fingerprint density at radius 2 is 2.00 bits per heavy atom. The van der Waals surface area contributed by atoms with Crippen molar-refractivity contribution in [3.05, 3.63) is 30.0 Å². The molecule has 6 nitrogen and oxygen atoms in total. The van der Waals surface area contributed by atoms with Gasteiger partial charge in [-0.2, -0.15) is 0 Å². The zero-order chi connectivity index (χ0) is 20.3. The minimum atomic E-state index is -0.915. The predicted octanol–water partition coefficient (Wildman–Crippen LogP) is 3.64. The second-order valence-electron chi connectivity index (χ2n) is 7.86. The van der Waals surface area contributed by atoms with Crippen molar-refractivity contribution in [1.29, 1.82) is 0 Å². The second kappa shape index (κ2) is 9.59. The van der Waals surface area contributed by atoms with Crippen molar-refractivity contribution < 1.29 is 15.3 Å². The number of nitrogens with two attached hydrogens (primary N) is 1. The molecule has 1 saturated heterocycles. The lowest BCUT2D eigenvalue weighted by Gasteiger charge is -2.33. The maximum absolute atomic E-state index is 10.8. The van der Waals surface area contributed by atoms with Crippen LogP contribution in [0.5, 0.6) is 5.88 Å². The third-order valence-electron chi connectivity index (χ3n) is 5.78. The van der Waals surface area contributed by atoms with Gasteiger partial charge in [-0.15, -0.1) is 0 Å². The molecule has 0 radical (unpaired) electrons. The van der Waals surface area contributed by atoms with Gasteiger partial charge in [-0.3, -0.25) is 5.32 Å². The Kier molecular flexibility index (Phi) is 7.39. The molecule has 6 N–H and O–H groups in total. The summed E-state index contributed by atoms with van der Waals surface area (Å²) in [6, 6.07) is 5.37. The van der Waals surface area contributed by atoms with E-state index in [0.29, 0.717) is 17.7 Å². The van der Waals surface area contributed by atoms with E-state index in [1.54, 1.807) is 4.57 Å². The minimum Gasteiger partial charge on any atom is -0.494 e. The van der Waals surface area contributed by atoms with Crippen molar-refractivity contribution in [2.75, 3.05) is 0 Å². The first-order valence-corrected chi connectivity index (χ1v) is 11.2. The van der Waals surface area contributed by atoms with Crippen molar-refractivity contribution >= 4 is 26.7 Å². The average molecular weight is 454 g/mol. The van der Waals surface area contributed by atoms with E-state index in [1.165, 1.54) is 12.8 Å².